The third-order valence-corrected chi connectivity index (χ3v) is 6.38. The summed E-state index contributed by atoms with van der Waals surface area (Å²) in [5, 5.41) is 0. The minimum absolute atomic E-state index is 0.356. The number of rotatable bonds is 1. The monoisotopic (exact) mass is 359 g/mol. The molecular weight excluding hydrogens is 338 g/mol. The van der Waals surface area contributed by atoms with Gasteiger partial charge in [-0.15, -0.1) is 0 Å². The summed E-state index contributed by atoms with van der Waals surface area (Å²) < 4.78 is 0. The number of anilines is 2. The van der Waals surface area contributed by atoms with Crippen LogP contribution < -0.4 is 4.90 Å². The molecular formula is C27H21N. The van der Waals surface area contributed by atoms with Crippen molar-refractivity contribution in [3.8, 4) is 22.3 Å². The van der Waals surface area contributed by atoms with Gasteiger partial charge in [-0.2, -0.15) is 0 Å². The van der Waals surface area contributed by atoms with Crippen molar-refractivity contribution in [1.82, 2.24) is 0 Å². The smallest absolute Gasteiger partial charge is 0.0459 e. The van der Waals surface area contributed by atoms with Crippen LogP contribution in [0.2, 0.25) is 0 Å². The van der Waals surface area contributed by atoms with E-state index in [9.17, 15) is 0 Å². The van der Waals surface area contributed by atoms with Crippen molar-refractivity contribution in [2.45, 2.75) is 18.9 Å². The molecule has 0 radical (unpaired) electrons. The maximum Gasteiger partial charge on any atom is 0.0459 e. The number of hydrogen-bond donors (Lipinski definition) is 0. The third kappa shape index (κ3) is 2.02. The van der Waals surface area contributed by atoms with Crippen molar-refractivity contribution in [1.29, 1.82) is 0 Å². The van der Waals surface area contributed by atoms with Crippen LogP contribution >= 0.6 is 0 Å². The fraction of sp³-hybridized carbons (Fsp3) is 0.111. The van der Waals surface area contributed by atoms with Gasteiger partial charge in [0.1, 0.15) is 0 Å². The fourth-order valence-electron chi connectivity index (χ4n) is 5.28. The lowest BCUT2D eigenvalue weighted by molar-refractivity contribution is 0.675. The van der Waals surface area contributed by atoms with Gasteiger partial charge in [0, 0.05) is 23.3 Å². The molecule has 1 aliphatic heterocycles. The third-order valence-electron chi connectivity index (χ3n) is 6.38. The Hall–Kier alpha value is -3.32. The predicted molar refractivity (Wildman–Crippen MR) is 117 cm³/mol. The fourth-order valence-corrected chi connectivity index (χ4v) is 5.28. The largest absolute Gasteiger partial charge is 0.337 e. The summed E-state index contributed by atoms with van der Waals surface area (Å²) in [6.45, 7) is 2.37. The van der Waals surface area contributed by atoms with E-state index < -0.39 is 0 Å². The van der Waals surface area contributed by atoms with E-state index in [2.05, 4.69) is 109 Å². The molecule has 2 aliphatic rings. The van der Waals surface area contributed by atoms with Crippen molar-refractivity contribution in [3.63, 3.8) is 0 Å². The minimum Gasteiger partial charge on any atom is -0.337 e. The van der Waals surface area contributed by atoms with Crippen LogP contribution in [-0.4, -0.2) is 6.04 Å². The summed E-state index contributed by atoms with van der Waals surface area (Å²) in [5.74, 6) is 0.356. The number of fused-ring (bicyclic) bond motifs is 5. The Bertz CT molecular complexity index is 1190. The molecule has 1 heteroatoms. The van der Waals surface area contributed by atoms with Gasteiger partial charge in [-0.1, -0.05) is 78.9 Å². The van der Waals surface area contributed by atoms with E-state index in [0.29, 0.717) is 12.0 Å². The van der Waals surface area contributed by atoms with Gasteiger partial charge in [0.15, 0.2) is 0 Å². The van der Waals surface area contributed by atoms with Crippen LogP contribution in [0.1, 0.15) is 24.0 Å². The zero-order valence-electron chi connectivity index (χ0n) is 15.8. The van der Waals surface area contributed by atoms with Crippen LogP contribution in [0.15, 0.2) is 97.1 Å². The molecule has 6 rings (SSSR count). The van der Waals surface area contributed by atoms with Gasteiger partial charge in [0.05, 0.1) is 0 Å². The lowest BCUT2D eigenvalue weighted by Crippen LogP contribution is -2.27. The second-order valence-corrected chi connectivity index (χ2v) is 7.80. The number of nitrogens with zero attached hydrogens (tertiary/aromatic N) is 1. The molecule has 134 valence electrons. The first kappa shape index (κ1) is 15.7. The van der Waals surface area contributed by atoms with Crippen LogP contribution in [-0.2, 0) is 0 Å². The second-order valence-electron chi connectivity index (χ2n) is 7.80. The summed E-state index contributed by atoms with van der Waals surface area (Å²) >= 11 is 0. The van der Waals surface area contributed by atoms with Gasteiger partial charge < -0.3 is 4.90 Å². The minimum atomic E-state index is 0.356. The van der Waals surface area contributed by atoms with Crippen molar-refractivity contribution < 1.29 is 0 Å². The topological polar surface area (TPSA) is 3.24 Å². The standard InChI is InChI=1S/C27H21N/c1-18-26-23-15-8-7-13-21(23)20-12-5-6-14-22(20)24-16-9-17-25(27(24)26)28(18)19-10-3-2-4-11-19/h2-18,26H,1H3. The van der Waals surface area contributed by atoms with Crippen LogP contribution in [0, 0.1) is 0 Å². The predicted octanol–water partition coefficient (Wildman–Crippen LogP) is 7.01. The highest BCUT2D eigenvalue weighted by Crippen LogP contribution is 2.56. The molecule has 0 spiro atoms. The Morgan fingerprint density at radius 3 is 1.96 bits per heavy atom. The maximum absolute atomic E-state index is 2.52. The SMILES string of the molecule is CC1C2c3ccccc3-c3ccccc3-c3cccc(c32)N1c1ccccc1. The van der Waals surface area contributed by atoms with Crippen molar-refractivity contribution in [2.24, 2.45) is 0 Å². The molecule has 1 nitrogen and oxygen atoms in total. The number of para-hydroxylation sites is 1. The van der Waals surface area contributed by atoms with E-state index >= 15 is 0 Å². The van der Waals surface area contributed by atoms with Crippen molar-refractivity contribution in [3.05, 3.63) is 108 Å². The highest BCUT2D eigenvalue weighted by atomic mass is 15.2. The Morgan fingerprint density at radius 2 is 1.18 bits per heavy atom. The van der Waals surface area contributed by atoms with Crippen LogP contribution in [0.25, 0.3) is 22.3 Å². The molecule has 0 aromatic heterocycles. The first-order chi connectivity index (χ1) is 13.8. The molecule has 0 bridgehead atoms. The van der Waals surface area contributed by atoms with Crippen LogP contribution in [0.4, 0.5) is 11.4 Å². The van der Waals surface area contributed by atoms with Crippen molar-refractivity contribution in [2.75, 3.05) is 4.90 Å². The summed E-state index contributed by atoms with van der Waals surface area (Å²) in [6, 6.07) is 35.8. The first-order valence-electron chi connectivity index (χ1n) is 10.0. The summed E-state index contributed by atoms with van der Waals surface area (Å²) in [4.78, 5) is 2.52. The molecule has 0 fully saturated rings. The lowest BCUT2D eigenvalue weighted by Gasteiger charge is -2.28. The van der Waals surface area contributed by atoms with Crippen LogP contribution in [0.3, 0.4) is 0 Å². The molecule has 0 saturated heterocycles. The molecule has 2 unspecified atom stereocenters. The number of hydrogen-bond acceptors (Lipinski definition) is 1. The molecule has 0 N–H and O–H groups in total. The second kappa shape index (κ2) is 5.84. The van der Waals surface area contributed by atoms with E-state index in [-0.39, 0.29) is 0 Å². The average Bonchev–Trinajstić information content (AvgIpc) is 2.98. The zero-order chi connectivity index (χ0) is 18.7. The Kier molecular flexibility index (Phi) is 3.28. The van der Waals surface area contributed by atoms with E-state index in [1.807, 2.05) is 0 Å². The summed E-state index contributed by atoms with van der Waals surface area (Å²) in [5.41, 5.74) is 10.9. The lowest BCUT2D eigenvalue weighted by atomic mass is 9.85. The Labute approximate surface area is 165 Å². The Balaban J connectivity index is 1.72. The van der Waals surface area contributed by atoms with Gasteiger partial charge in [-0.25, -0.2) is 0 Å². The molecule has 0 amide bonds. The first-order valence-corrected chi connectivity index (χ1v) is 10.0. The molecule has 4 aromatic carbocycles. The number of benzene rings is 4. The molecule has 0 saturated carbocycles. The van der Waals surface area contributed by atoms with E-state index in [4.69, 9.17) is 0 Å². The van der Waals surface area contributed by atoms with Crippen LogP contribution in [0.5, 0.6) is 0 Å². The normalized spacial score (nSPS) is 18.8. The highest BCUT2D eigenvalue weighted by Gasteiger charge is 2.41. The highest BCUT2D eigenvalue weighted by molar-refractivity contribution is 5.94. The summed E-state index contributed by atoms with van der Waals surface area (Å²) in [7, 11) is 0. The average molecular weight is 359 g/mol. The molecule has 1 heterocycles. The Morgan fingerprint density at radius 1 is 0.571 bits per heavy atom. The zero-order valence-corrected chi connectivity index (χ0v) is 15.8. The molecule has 28 heavy (non-hydrogen) atoms. The van der Waals surface area contributed by atoms with E-state index in [1.54, 1.807) is 0 Å². The molecule has 1 aliphatic carbocycles. The van der Waals surface area contributed by atoms with Gasteiger partial charge in [0.25, 0.3) is 0 Å². The van der Waals surface area contributed by atoms with E-state index in [0.717, 1.165) is 0 Å². The molecule has 4 aromatic rings. The van der Waals surface area contributed by atoms with Crippen molar-refractivity contribution >= 4 is 11.4 Å². The maximum atomic E-state index is 2.52. The summed E-state index contributed by atoms with van der Waals surface area (Å²) in [6.07, 6.45) is 0. The van der Waals surface area contributed by atoms with Gasteiger partial charge >= 0.3 is 0 Å². The van der Waals surface area contributed by atoms with Gasteiger partial charge in [0.2, 0.25) is 0 Å². The molecule has 2 atom stereocenters. The van der Waals surface area contributed by atoms with Gasteiger partial charge in [-0.05, 0) is 58.5 Å². The quantitative estimate of drug-likeness (QED) is 0.353. The van der Waals surface area contributed by atoms with Gasteiger partial charge in [-0.3, -0.25) is 0 Å². The van der Waals surface area contributed by atoms with E-state index in [1.165, 1.54) is 44.8 Å².